The predicted octanol–water partition coefficient (Wildman–Crippen LogP) is 2.86. The first kappa shape index (κ1) is 11.7. The highest BCUT2D eigenvalue weighted by Gasteiger charge is 2.50. The summed E-state index contributed by atoms with van der Waals surface area (Å²) in [5.41, 5.74) is 6.25. The number of rotatable bonds is 4. The maximum Gasteiger partial charge on any atom is 0.239 e. The van der Waals surface area contributed by atoms with Gasteiger partial charge in [0.25, 0.3) is 0 Å². The number of hydrogen-bond donors (Lipinski definition) is 1. The summed E-state index contributed by atoms with van der Waals surface area (Å²) in [6.07, 6.45) is 13.5. The number of anilines is 1. The van der Waals surface area contributed by atoms with Crippen molar-refractivity contribution in [3.63, 3.8) is 0 Å². The molecule has 0 amide bonds. The minimum Gasteiger partial charge on any atom is -0.367 e. The number of nitrogens with two attached hydrogens (primary N) is 1. The second-order valence-electron chi connectivity index (χ2n) is 7.39. The van der Waals surface area contributed by atoms with Crippen LogP contribution in [0, 0.1) is 23.2 Å². The van der Waals surface area contributed by atoms with Crippen LogP contribution in [-0.4, -0.2) is 14.8 Å². The van der Waals surface area contributed by atoms with Gasteiger partial charge in [-0.25, -0.2) is 4.98 Å². The molecule has 4 aliphatic rings. The van der Waals surface area contributed by atoms with Crippen LogP contribution in [0.25, 0.3) is 0 Å². The molecular weight excluding hydrogens is 236 g/mol. The Morgan fingerprint density at radius 2 is 1.79 bits per heavy atom. The van der Waals surface area contributed by atoms with Gasteiger partial charge in [-0.2, -0.15) is 0 Å². The van der Waals surface area contributed by atoms with Crippen molar-refractivity contribution < 1.29 is 0 Å². The third-order valence-electron chi connectivity index (χ3n) is 5.81. The molecule has 4 aliphatic carbocycles. The Morgan fingerprint density at radius 1 is 1.16 bits per heavy atom. The average Bonchev–Trinajstić information content (AvgIpc) is 2.73. The highest BCUT2D eigenvalue weighted by atomic mass is 15.3. The Morgan fingerprint density at radius 3 is 2.32 bits per heavy atom. The smallest absolute Gasteiger partial charge is 0.239 e. The fraction of sp³-hybridized carbons (Fsp3) is 0.867. The maximum absolute atomic E-state index is 5.55. The summed E-state index contributed by atoms with van der Waals surface area (Å²) in [6, 6.07) is 0. The molecule has 19 heavy (non-hydrogen) atoms. The van der Waals surface area contributed by atoms with Crippen molar-refractivity contribution in [2.75, 3.05) is 5.73 Å². The van der Waals surface area contributed by atoms with Crippen LogP contribution < -0.4 is 5.73 Å². The average molecular weight is 260 g/mol. The fourth-order valence-electron chi connectivity index (χ4n) is 5.63. The van der Waals surface area contributed by atoms with E-state index in [-0.39, 0.29) is 0 Å². The first-order valence-electron chi connectivity index (χ1n) is 7.86. The van der Waals surface area contributed by atoms with Crippen LogP contribution in [0.15, 0.2) is 6.33 Å². The Bertz CT molecular complexity index is 429. The van der Waals surface area contributed by atoms with E-state index in [0.29, 0.717) is 11.4 Å². The molecule has 4 nitrogen and oxygen atoms in total. The van der Waals surface area contributed by atoms with Gasteiger partial charge in [-0.15, -0.1) is 5.10 Å². The number of aromatic nitrogens is 3. The van der Waals surface area contributed by atoms with Crippen molar-refractivity contribution in [2.24, 2.45) is 23.2 Å². The van der Waals surface area contributed by atoms with Crippen molar-refractivity contribution in [2.45, 2.75) is 57.9 Å². The van der Waals surface area contributed by atoms with E-state index in [1.807, 2.05) is 4.68 Å². The molecule has 0 saturated heterocycles. The van der Waals surface area contributed by atoms with E-state index < -0.39 is 0 Å². The summed E-state index contributed by atoms with van der Waals surface area (Å²) >= 11 is 0. The van der Waals surface area contributed by atoms with Crippen molar-refractivity contribution in [3.05, 3.63) is 6.33 Å². The van der Waals surface area contributed by atoms with E-state index in [4.69, 9.17) is 5.73 Å². The van der Waals surface area contributed by atoms with Crippen LogP contribution in [-0.2, 0) is 6.54 Å². The Labute approximate surface area is 114 Å². The van der Waals surface area contributed by atoms with Gasteiger partial charge < -0.3 is 5.73 Å². The lowest BCUT2D eigenvalue weighted by Gasteiger charge is -2.57. The molecule has 0 radical (unpaired) electrons. The third kappa shape index (κ3) is 2.15. The summed E-state index contributed by atoms with van der Waals surface area (Å²) in [6.45, 7) is 0.978. The monoisotopic (exact) mass is 260 g/mol. The van der Waals surface area contributed by atoms with Gasteiger partial charge in [0.15, 0.2) is 0 Å². The van der Waals surface area contributed by atoms with Crippen molar-refractivity contribution >= 4 is 5.95 Å². The lowest BCUT2D eigenvalue weighted by atomic mass is 9.48. The first-order valence-corrected chi connectivity index (χ1v) is 7.86. The number of nitrogens with zero attached hydrogens (tertiary/aromatic N) is 3. The first-order chi connectivity index (χ1) is 9.21. The van der Waals surface area contributed by atoms with Gasteiger partial charge in [0.1, 0.15) is 6.33 Å². The highest BCUT2D eigenvalue weighted by Crippen LogP contribution is 2.61. The largest absolute Gasteiger partial charge is 0.367 e. The van der Waals surface area contributed by atoms with Gasteiger partial charge in [-0.05, 0) is 74.5 Å². The SMILES string of the molecule is Nc1ncn(CCCC23CC4CC(CC(C4)C2)C3)n1. The lowest BCUT2D eigenvalue weighted by Crippen LogP contribution is -2.46. The zero-order valence-electron chi connectivity index (χ0n) is 11.6. The fourth-order valence-corrected chi connectivity index (χ4v) is 5.63. The zero-order chi connectivity index (χ0) is 12.9. The van der Waals surface area contributed by atoms with Crippen LogP contribution >= 0.6 is 0 Å². The van der Waals surface area contributed by atoms with Gasteiger partial charge in [-0.1, -0.05) is 0 Å². The van der Waals surface area contributed by atoms with Crippen LogP contribution in [0.5, 0.6) is 0 Å². The minimum atomic E-state index is 0.398. The van der Waals surface area contributed by atoms with Crippen molar-refractivity contribution in [3.8, 4) is 0 Å². The minimum absolute atomic E-state index is 0.398. The second-order valence-corrected chi connectivity index (χ2v) is 7.39. The van der Waals surface area contributed by atoms with Crippen LogP contribution in [0.3, 0.4) is 0 Å². The summed E-state index contributed by atoms with van der Waals surface area (Å²) in [4.78, 5) is 3.99. The molecule has 0 aliphatic heterocycles. The Balaban J connectivity index is 1.37. The predicted molar refractivity (Wildman–Crippen MR) is 74.3 cm³/mol. The molecule has 4 saturated carbocycles. The molecule has 0 spiro atoms. The van der Waals surface area contributed by atoms with E-state index in [9.17, 15) is 0 Å². The second kappa shape index (κ2) is 4.22. The zero-order valence-corrected chi connectivity index (χ0v) is 11.6. The molecule has 2 N–H and O–H groups in total. The number of nitrogen functional groups attached to an aromatic ring is 1. The third-order valence-corrected chi connectivity index (χ3v) is 5.81. The summed E-state index contributed by atoms with van der Waals surface area (Å²) in [5.74, 6) is 3.59. The van der Waals surface area contributed by atoms with Gasteiger partial charge in [0, 0.05) is 6.54 Å². The number of hydrogen-bond acceptors (Lipinski definition) is 3. The van der Waals surface area contributed by atoms with E-state index >= 15 is 0 Å². The highest BCUT2D eigenvalue weighted by molar-refractivity contribution is 5.09. The molecule has 4 bridgehead atoms. The standard InChI is InChI=1S/C15H24N4/c16-14-17-10-19(18-14)3-1-2-15-7-11-4-12(8-15)6-13(5-11)9-15/h10-13H,1-9H2,(H2,16,18). The summed E-state index contributed by atoms with van der Waals surface area (Å²) in [7, 11) is 0. The maximum atomic E-state index is 5.55. The lowest BCUT2D eigenvalue weighted by molar-refractivity contribution is -0.0586. The molecule has 0 atom stereocenters. The van der Waals surface area contributed by atoms with Gasteiger partial charge in [0.2, 0.25) is 5.95 Å². The molecule has 1 heterocycles. The van der Waals surface area contributed by atoms with E-state index in [1.54, 1.807) is 6.33 Å². The Hall–Kier alpha value is -1.06. The molecule has 4 fully saturated rings. The molecule has 0 unspecified atom stereocenters. The molecule has 1 aromatic rings. The molecular formula is C15H24N4. The number of aryl methyl sites for hydroxylation is 1. The van der Waals surface area contributed by atoms with Crippen molar-refractivity contribution in [1.29, 1.82) is 0 Å². The molecule has 0 aromatic carbocycles. The van der Waals surface area contributed by atoms with Gasteiger partial charge >= 0.3 is 0 Å². The normalized spacial score (nSPS) is 39.9. The van der Waals surface area contributed by atoms with Gasteiger partial charge in [-0.3, -0.25) is 4.68 Å². The summed E-state index contributed by atoms with van der Waals surface area (Å²) in [5, 5.41) is 4.18. The van der Waals surface area contributed by atoms with Crippen LogP contribution in [0.4, 0.5) is 5.95 Å². The molecule has 1 aromatic heterocycles. The molecule has 4 heteroatoms. The topological polar surface area (TPSA) is 56.7 Å². The summed E-state index contributed by atoms with van der Waals surface area (Å²) < 4.78 is 1.90. The van der Waals surface area contributed by atoms with Gasteiger partial charge in [0.05, 0.1) is 0 Å². The van der Waals surface area contributed by atoms with E-state index in [0.717, 1.165) is 24.3 Å². The molecule has 5 rings (SSSR count). The Kier molecular flexibility index (Phi) is 2.61. The molecule has 104 valence electrons. The van der Waals surface area contributed by atoms with Crippen LogP contribution in [0.2, 0.25) is 0 Å². The van der Waals surface area contributed by atoms with E-state index in [1.165, 1.54) is 51.4 Å². The van der Waals surface area contributed by atoms with Crippen LogP contribution in [0.1, 0.15) is 51.4 Å². The van der Waals surface area contributed by atoms with Crippen molar-refractivity contribution in [1.82, 2.24) is 14.8 Å². The van der Waals surface area contributed by atoms with E-state index in [2.05, 4.69) is 10.1 Å². The quantitative estimate of drug-likeness (QED) is 0.905.